The van der Waals surface area contributed by atoms with Crippen LogP contribution in [0, 0.1) is 12.7 Å². The van der Waals surface area contributed by atoms with Crippen LogP contribution in [0.3, 0.4) is 0 Å². The fourth-order valence-corrected chi connectivity index (χ4v) is 3.75. The van der Waals surface area contributed by atoms with Crippen LogP contribution in [-0.2, 0) is 6.54 Å². The Bertz CT molecular complexity index is 1030. The average Bonchev–Trinajstić information content (AvgIpc) is 2.91. The molecule has 0 aliphatic heterocycles. The molecule has 3 rings (SSSR count). The van der Waals surface area contributed by atoms with E-state index >= 15 is 0 Å². The number of rotatable bonds is 4. The van der Waals surface area contributed by atoms with Gasteiger partial charge >= 0.3 is 0 Å². The molecule has 0 radical (unpaired) electrons. The highest BCUT2D eigenvalue weighted by Gasteiger charge is 2.19. The van der Waals surface area contributed by atoms with Crippen LogP contribution in [0.2, 0.25) is 5.02 Å². The molecule has 5 nitrogen and oxygen atoms in total. The van der Waals surface area contributed by atoms with Crippen LogP contribution in [0.1, 0.15) is 28.6 Å². The Morgan fingerprint density at radius 3 is 2.88 bits per heavy atom. The molecule has 1 N–H and O–H groups in total. The Balaban J connectivity index is 1.99. The second-order valence-corrected chi connectivity index (χ2v) is 6.97. The molecule has 130 valence electrons. The second kappa shape index (κ2) is 6.93. The van der Waals surface area contributed by atoms with Crippen molar-refractivity contribution in [2.45, 2.75) is 26.8 Å². The van der Waals surface area contributed by atoms with Crippen molar-refractivity contribution in [3.8, 4) is 0 Å². The maximum atomic E-state index is 13.2. The summed E-state index contributed by atoms with van der Waals surface area (Å²) in [6, 6.07) is 3.94. The SMILES string of the molecule is CCCn1cnc2sc(C(=O)Nc3ccc(F)c(Cl)c3)c(C)c2c1=O. The van der Waals surface area contributed by atoms with Gasteiger partial charge < -0.3 is 5.32 Å². The highest BCUT2D eigenvalue weighted by molar-refractivity contribution is 7.20. The van der Waals surface area contributed by atoms with Crippen molar-refractivity contribution < 1.29 is 9.18 Å². The summed E-state index contributed by atoms with van der Waals surface area (Å²) in [6.07, 6.45) is 2.32. The standard InChI is InChI=1S/C17H15ClFN3O2S/c1-3-6-22-8-20-16-13(17(22)24)9(2)14(25-16)15(23)21-10-4-5-12(19)11(18)7-10/h4-5,7-8H,3,6H2,1-2H3,(H,21,23). The molecule has 0 bridgehead atoms. The van der Waals surface area contributed by atoms with Gasteiger partial charge in [0, 0.05) is 12.2 Å². The number of anilines is 1. The molecule has 0 unspecified atom stereocenters. The van der Waals surface area contributed by atoms with Gasteiger partial charge in [0.2, 0.25) is 0 Å². The molecule has 2 aromatic heterocycles. The number of carbonyl (C=O) groups excluding carboxylic acids is 1. The van der Waals surface area contributed by atoms with Crippen molar-refractivity contribution in [1.82, 2.24) is 9.55 Å². The first kappa shape index (κ1) is 17.6. The zero-order valence-electron chi connectivity index (χ0n) is 13.6. The molecule has 0 saturated heterocycles. The van der Waals surface area contributed by atoms with Crippen LogP contribution < -0.4 is 10.9 Å². The van der Waals surface area contributed by atoms with E-state index in [9.17, 15) is 14.0 Å². The van der Waals surface area contributed by atoms with E-state index in [2.05, 4.69) is 10.3 Å². The second-order valence-electron chi connectivity index (χ2n) is 5.56. The molecular formula is C17H15ClFN3O2S. The number of nitrogens with one attached hydrogen (secondary N) is 1. The quantitative estimate of drug-likeness (QED) is 0.738. The maximum Gasteiger partial charge on any atom is 0.266 e. The third-order valence-electron chi connectivity index (χ3n) is 3.77. The van der Waals surface area contributed by atoms with Gasteiger partial charge in [0.1, 0.15) is 10.6 Å². The number of nitrogens with zero attached hydrogens (tertiary/aromatic N) is 2. The number of amides is 1. The third kappa shape index (κ3) is 3.29. The van der Waals surface area contributed by atoms with E-state index in [1.165, 1.54) is 24.5 Å². The first-order valence-corrected chi connectivity index (χ1v) is 8.86. The van der Waals surface area contributed by atoms with Gasteiger partial charge in [-0.25, -0.2) is 9.37 Å². The Hall–Kier alpha value is -2.25. The average molecular weight is 380 g/mol. The number of hydrogen-bond donors (Lipinski definition) is 1. The minimum Gasteiger partial charge on any atom is -0.321 e. The molecule has 0 atom stereocenters. The topological polar surface area (TPSA) is 64.0 Å². The summed E-state index contributed by atoms with van der Waals surface area (Å²) in [6.45, 7) is 4.28. The summed E-state index contributed by atoms with van der Waals surface area (Å²) in [5, 5.41) is 3.06. The van der Waals surface area contributed by atoms with Gasteiger partial charge in [-0.2, -0.15) is 0 Å². The number of halogens is 2. The van der Waals surface area contributed by atoms with Gasteiger partial charge in [-0.1, -0.05) is 18.5 Å². The van der Waals surface area contributed by atoms with Crippen LogP contribution in [0.4, 0.5) is 10.1 Å². The summed E-state index contributed by atoms with van der Waals surface area (Å²) in [4.78, 5) is 30.3. The molecule has 0 aliphatic carbocycles. The van der Waals surface area contributed by atoms with Gasteiger partial charge in [-0.3, -0.25) is 14.2 Å². The van der Waals surface area contributed by atoms with E-state index < -0.39 is 5.82 Å². The van der Waals surface area contributed by atoms with Crippen molar-refractivity contribution >= 4 is 44.7 Å². The largest absolute Gasteiger partial charge is 0.321 e. The minimum absolute atomic E-state index is 0.0741. The maximum absolute atomic E-state index is 13.2. The van der Waals surface area contributed by atoms with E-state index in [-0.39, 0.29) is 16.5 Å². The lowest BCUT2D eigenvalue weighted by molar-refractivity contribution is 0.103. The minimum atomic E-state index is -0.557. The third-order valence-corrected chi connectivity index (χ3v) is 5.25. The Kier molecular flexibility index (Phi) is 4.87. The van der Waals surface area contributed by atoms with E-state index in [0.29, 0.717) is 32.9 Å². The van der Waals surface area contributed by atoms with Crippen molar-refractivity contribution in [2.75, 3.05) is 5.32 Å². The van der Waals surface area contributed by atoms with Gasteiger partial charge in [0.05, 0.1) is 21.6 Å². The fourth-order valence-electron chi connectivity index (χ4n) is 2.54. The lowest BCUT2D eigenvalue weighted by atomic mass is 10.2. The number of fused-ring (bicyclic) bond motifs is 1. The molecule has 1 amide bonds. The van der Waals surface area contributed by atoms with E-state index in [1.807, 2.05) is 6.92 Å². The summed E-state index contributed by atoms with van der Waals surface area (Å²) >= 11 is 6.88. The van der Waals surface area contributed by atoms with Gasteiger partial charge in [0.15, 0.2) is 0 Å². The van der Waals surface area contributed by atoms with Crippen molar-refractivity contribution in [3.05, 3.63) is 56.2 Å². The summed E-state index contributed by atoms with van der Waals surface area (Å²) in [7, 11) is 0. The van der Waals surface area contributed by atoms with Crippen LogP contribution in [0.5, 0.6) is 0 Å². The summed E-state index contributed by atoms with van der Waals surface area (Å²) in [5.74, 6) is -0.942. The molecule has 0 aliphatic rings. The van der Waals surface area contributed by atoms with Gasteiger partial charge in [0.25, 0.3) is 11.5 Å². The highest BCUT2D eigenvalue weighted by atomic mass is 35.5. The van der Waals surface area contributed by atoms with Crippen molar-refractivity contribution in [1.29, 1.82) is 0 Å². The van der Waals surface area contributed by atoms with Crippen molar-refractivity contribution in [3.63, 3.8) is 0 Å². The fraction of sp³-hybridized carbons (Fsp3) is 0.235. The molecule has 3 aromatic rings. The Labute approximate surface area is 152 Å². The number of benzene rings is 1. The van der Waals surface area contributed by atoms with Crippen LogP contribution in [-0.4, -0.2) is 15.5 Å². The molecule has 0 saturated carbocycles. The molecule has 1 aromatic carbocycles. The first-order valence-electron chi connectivity index (χ1n) is 7.67. The Morgan fingerprint density at radius 2 is 2.20 bits per heavy atom. The van der Waals surface area contributed by atoms with Gasteiger partial charge in [-0.05, 0) is 37.1 Å². The highest BCUT2D eigenvalue weighted by Crippen LogP contribution is 2.28. The predicted octanol–water partition coefficient (Wildman–Crippen LogP) is 4.22. The van der Waals surface area contributed by atoms with E-state index in [1.54, 1.807) is 11.5 Å². The van der Waals surface area contributed by atoms with E-state index in [4.69, 9.17) is 11.6 Å². The number of thiophene rings is 1. The lowest BCUT2D eigenvalue weighted by Crippen LogP contribution is -2.20. The molecule has 0 spiro atoms. The number of aromatic nitrogens is 2. The smallest absolute Gasteiger partial charge is 0.266 e. The number of hydrogen-bond acceptors (Lipinski definition) is 4. The molecule has 25 heavy (non-hydrogen) atoms. The number of carbonyl (C=O) groups is 1. The molecule has 0 fully saturated rings. The van der Waals surface area contributed by atoms with Crippen LogP contribution in [0.15, 0.2) is 29.3 Å². The zero-order valence-corrected chi connectivity index (χ0v) is 15.2. The Morgan fingerprint density at radius 1 is 1.44 bits per heavy atom. The molecule has 2 heterocycles. The first-order chi connectivity index (χ1) is 11.9. The van der Waals surface area contributed by atoms with Gasteiger partial charge in [-0.15, -0.1) is 11.3 Å². The van der Waals surface area contributed by atoms with Crippen LogP contribution >= 0.6 is 22.9 Å². The van der Waals surface area contributed by atoms with Crippen LogP contribution in [0.25, 0.3) is 10.2 Å². The monoisotopic (exact) mass is 379 g/mol. The lowest BCUT2D eigenvalue weighted by Gasteiger charge is -2.05. The molecular weight excluding hydrogens is 365 g/mol. The summed E-state index contributed by atoms with van der Waals surface area (Å²) < 4.78 is 14.8. The zero-order chi connectivity index (χ0) is 18.1. The molecule has 8 heteroatoms. The predicted molar refractivity (Wildman–Crippen MR) is 98.3 cm³/mol. The van der Waals surface area contributed by atoms with E-state index in [0.717, 1.165) is 17.8 Å². The summed E-state index contributed by atoms with van der Waals surface area (Å²) in [5.41, 5.74) is 0.822. The van der Waals surface area contributed by atoms with Crippen molar-refractivity contribution in [2.24, 2.45) is 0 Å². The normalized spacial score (nSPS) is 11.0. The number of aryl methyl sites for hydroxylation is 2.